The maximum atomic E-state index is 11.0. The lowest BCUT2D eigenvalue weighted by molar-refractivity contribution is 1.11. The van der Waals surface area contributed by atoms with Gasteiger partial charge in [-0.1, -0.05) is 0 Å². The molecule has 0 saturated heterocycles. The normalized spacial score (nSPS) is 9.80. The van der Waals surface area contributed by atoms with Crippen molar-refractivity contribution in [3.8, 4) is 0 Å². The van der Waals surface area contributed by atoms with Crippen LogP contribution in [0.5, 0.6) is 0 Å². The molecule has 1 aromatic heterocycles. The molecule has 0 saturated carbocycles. The molecule has 0 aliphatic heterocycles. The van der Waals surface area contributed by atoms with E-state index in [1.807, 2.05) is 6.92 Å². The highest BCUT2D eigenvalue weighted by molar-refractivity contribution is 5.14. The molecular weight excluding hydrogens is 126 g/mol. The van der Waals surface area contributed by atoms with Crippen LogP contribution in [0.1, 0.15) is 11.3 Å². The molecular formula is C8H10NO. The van der Waals surface area contributed by atoms with Crippen LogP contribution in [-0.2, 0) is 6.42 Å². The van der Waals surface area contributed by atoms with Gasteiger partial charge >= 0.3 is 0 Å². The summed E-state index contributed by atoms with van der Waals surface area (Å²) in [5.74, 6) is 0. The fourth-order valence-corrected chi connectivity index (χ4v) is 0.798. The molecule has 1 radical (unpaired) electrons. The molecule has 0 spiro atoms. The Morgan fingerprint density at radius 1 is 1.70 bits per heavy atom. The monoisotopic (exact) mass is 136 g/mol. The van der Waals surface area contributed by atoms with Crippen LogP contribution < -0.4 is 5.43 Å². The molecule has 2 nitrogen and oxygen atoms in total. The van der Waals surface area contributed by atoms with Crippen LogP contribution in [-0.4, -0.2) is 4.98 Å². The Bertz CT molecular complexity index is 275. The molecule has 53 valence electrons. The topological polar surface area (TPSA) is 32.9 Å². The van der Waals surface area contributed by atoms with Crippen LogP contribution in [0, 0.1) is 13.8 Å². The number of hydrogen-bond donors (Lipinski definition) is 1. The zero-order valence-electron chi connectivity index (χ0n) is 5.98. The standard InChI is InChI=1S/C8H10NO/c1-3-7-5-9-6(2)4-8(7)10/h4-5H,1,3H2,2H3,(H,9,10). The van der Waals surface area contributed by atoms with E-state index in [1.54, 1.807) is 12.3 Å². The summed E-state index contributed by atoms with van der Waals surface area (Å²) < 4.78 is 0. The van der Waals surface area contributed by atoms with Crippen LogP contribution in [0.25, 0.3) is 0 Å². The smallest absolute Gasteiger partial charge is 0.184 e. The van der Waals surface area contributed by atoms with Crippen molar-refractivity contribution < 1.29 is 0 Å². The van der Waals surface area contributed by atoms with E-state index in [-0.39, 0.29) is 5.43 Å². The maximum absolute atomic E-state index is 11.0. The first-order chi connectivity index (χ1) is 4.74. The fraction of sp³-hybridized carbons (Fsp3) is 0.250. The Morgan fingerprint density at radius 2 is 2.40 bits per heavy atom. The summed E-state index contributed by atoms with van der Waals surface area (Å²) in [7, 11) is 0. The summed E-state index contributed by atoms with van der Waals surface area (Å²) in [6, 6.07) is 1.58. The van der Waals surface area contributed by atoms with E-state index in [2.05, 4.69) is 11.9 Å². The summed E-state index contributed by atoms with van der Waals surface area (Å²) in [5.41, 5.74) is 1.71. The molecule has 0 aliphatic rings. The van der Waals surface area contributed by atoms with Crippen LogP contribution in [0.4, 0.5) is 0 Å². The number of aromatic nitrogens is 1. The minimum Gasteiger partial charge on any atom is -0.365 e. The third kappa shape index (κ3) is 1.26. The van der Waals surface area contributed by atoms with Crippen molar-refractivity contribution in [2.75, 3.05) is 0 Å². The van der Waals surface area contributed by atoms with Gasteiger partial charge in [0.15, 0.2) is 5.43 Å². The first kappa shape index (κ1) is 7.06. The number of hydrogen-bond acceptors (Lipinski definition) is 1. The Labute approximate surface area is 59.9 Å². The number of nitrogens with one attached hydrogen (secondary N) is 1. The highest BCUT2D eigenvalue weighted by Gasteiger charge is 1.93. The number of aromatic amines is 1. The third-order valence-corrected chi connectivity index (χ3v) is 1.41. The number of pyridine rings is 1. The predicted octanol–water partition coefficient (Wildman–Crippen LogP) is 1.06. The van der Waals surface area contributed by atoms with Crippen LogP contribution >= 0.6 is 0 Å². The third-order valence-electron chi connectivity index (χ3n) is 1.41. The lowest BCUT2D eigenvalue weighted by atomic mass is 10.2. The SMILES string of the molecule is [CH2]Cc1c[nH]c(C)cc1=O. The number of aryl methyl sites for hydroxylation is 1. The Balaban J connectivity index is 3.20. The summed E-state index contributed by atoms with van der Waals surface area (Å²) in [4.78, 5) is 14.0. The van der Waals surface area contributed by atoms with Crippen molar-refractivity contribution in [3.05, 3.63) is 40.7 Å². The molecule has 1 heterocycles. The van der Waals surface area contributed by atoms with E-state index in [4.69, 9.17) is 0 Å². The summed E-state index contributed by atoms with van der Waals surface area (Å²) >= 11 is 0. The van der Waals surface area contributed by atoms with Gasteiger partial charge in [-0.2, -0.15) is 0 Å². The van der Waals surface area contributed by atoms with Gasteiger partial charge in [0.2, 0.25) is 0 Å². The Morgan fingerprint density at radius 3 is 2.90 bits per heavy atom. The number of H-pyrrole nitrogens is 1. The molecule has 0 fully saturated rings. The Hall–Kier alpha value is -1.05. The number of rotatable bonds is 1. The highest BCUT2D eigenvalue weighted by atomic mass is 16.1. The van der Waals surface area contributed by atoms with Crippen LogP contribution in [0.3, 0.4) is 0 Å². The molecule has 1 rings (SSSR count). The van der Waals surface area contributed by atoms with Gasteiger partial charge in [-0.25, -0.2) is 0 Å². The van der Waals surface area contributed by atoms with Crippen molar-refractivity contribution >= 4 is 0 Å². The van der Waals surface area contributed by atoms with Gasteiger partial charge in [0, 0.05) is 23.5 Å². The molecule has 10 heavy (non-hydrogen) atoms. The van der Waals surface area contributed by atoms with Gasteiger partial charge in [0.1, 0.15) is 0 Å². The summed E-state index contributed by atoms with van der Waals surface area (Å²) in [6.07, 6.45) is 2.26. The van der Waals surface area contributed by atoms with E-state index < -0.39 is 0 Å². The molecule has 0 aromatic carbocycles. The zero-order valence-corrected chi connectivity index (χ0v) is 5.98. The first-order valence-corrected chi connectivity index (χ1v) is 3.21. The van der Waals surface area contributed by atoms with Crippen molar-refractivity contribution in [2.45, 2.75) is 13.3 Å². The largest absolute Gasteiger partial charge is 0.365 e. The average Bonchev–Trinajstić information content (AvgIpc) is 1.88. The summed E-state index contributed by atoms with van der Waals surface area (Å²) in [6.45, 7) is 5.48. The van der Waals surface area contributed by atoms with Crippen molar-refractivity contribution in [2.24, 2.45) is 0 Å². The van der Waals surface area contributed by atoms with Crippen LogP contribution in [0.15, 0.2) is 17.1 Å². The lowest BCUT2D eigenvalue weighted by Crippen LogP contribution is -2.07. The van der Waals surface area contributed by atoms with E-state index in [1.165, 1.54) is 0 Å². The molecule has 0 unspecified atom stereocenters. The maximum Gasteiger partial charge on any atom is 0.184 e. The minimum atomic E-state index is 0.0752. The second-order valence-corrected chi connectivity index (χ2v) is 2.26. The van der Waals surface area contributed by atoms with Gasteiger partial charge in [0.05, 0.1) is 0 Å². The first-order valence-electron chi connectivity index (χ1n) is 3.21. The van der Waals surface area contributed by atoms with E-state index in [0.717, 1.165) is 11.3 Å². The van der Waals surface area contributed by atoms with E-state index >= 15 is 0 Å². The molecule has 0 aliphatic carbocycles. The predicted molar refractivity (Wildman–Crippen MR) is 40.9 cm³/mol. The molecule has 0 atom stereocenters. The average molecular weight is 136 g/mol. The quantitative estimate of drug-likeness (QED) is 0.615. The summed E-state index contributed by atoms with van der Waals surface area (Å²) in [5, 5.41) is 0. The van der Waals surface area contributed by atoms with Gasteiger partial charge < -0.3 is 4.98 Å². The molecule has 0 amide bonds. The molecule has 0 bridgehead atoms. The van der Waals surface area contributed by atoms with E-state index in [9.17, 15) is 4.79 Å². The van der Waals surface area contributed by atoms with E-state index in [0.29, 0.717) is 6.42 Å². The van der Waals surface area contributed by atoms with Gasteiger partial charge in [-0.3, -0.25) is 4.79 Å². The minimum absolute atomic E-state index is 0.0752. The fourth-order valence-electron chi connectivity index (χ4n) is 0.798. The lowest BCUT2D eigenvalue weighted by Gasteiger charge is -1.94. The van der Waals surface area contributed by atoms with Gasteiger partial charge in [-0.15, -0.1) is 0 Å². The Kier molecular flexibility index (Phi) is 1.90. The second-order valence-electron chi connectivity index (χ2n) is 2.26. The van der Waals surface area contributed by atoms with Crippen LogP contribution in [0.2, 0.25) is 0 Å². The van der Waals surface area contributed by atoms with Gasteiger partial charge in [-0.05, 0) is 20.3 Å². The highest BCUT2D eigenvalue weighted by Crippen LogP contribution is 1.91. The molecule has 1 aromatic rings. The van der Waals surface area contributed by atoms with Crippen molar-refractivity contribution in [1.82, 2.24) is 4.98 Å². The molecule has 1 N–H and O–H groups in total. The zero-order chi connectivity index (χ0) is 7.56. The van der Waals surface area contributed by atoms with Gasteiger partial charge in [0.25, 0.3) is 0 Å². The molecule has 2 heteroatoms. The van der Waals surface area contributed by atoms with Crippen molar-refractivity contribution in [3.63, 3.8) is 0 Å². The second kappa shape index (κ2) is 2.69. The van der Waals surface area contributed by atoms with Crippen molar-refractivity contribution in [1.29, 1.82) is 0 Å².